The molecule has 0 aliphatic carbocycles. The molecule has 1 saturated heterocycles. The van der Waals surface area contributed by atoms with Crippen LogP contribution in [0.1, 0.15) is 29.5 Å². The van der Waals surface area contributed by atoms with E-state index in [-0.39, 0.29) is 18.4 Å². The lowest BCUT2D eigenvalue weighted by Crippen LogP contribution is -2.38. The second-order valence-corrected chi connectivity index (χ2v) is 12.5. The molecule has 0 saturated carbocycles. The molecule has 3 heterocycles. The number of piperidine rings is 1. The van der Waals surface area contributed by atoms with Crippen molar-refractivity contribution in [2.75, 3.05) is 23.1 Å². The van der Waals surface area contributed by atoms with Gasteiger partial charge < -0.3 is 20.5 Å². The molecule has 3 aromatic carbocycles. The van der Waals surface area contributed by atoms with E-state index in [2.05, 4.69) is 25.3 Å². The minimum Gasteiger partial charge on any atom is -0.437 e. The number of aromatic nitrogens is 3. The van der Waals surface area contributed by atoms with Crippen LogP contribution in [0.5, 0.6) is 11.6 Å². The SMILES string of the molecule is Cc1ccc2c(NS(=O)(=O)Cc3ccccc3CO)cccc2c1Oc1ncccc1-c1ccnc(NC2CCCNC2)n1. The summed E-state index contributed by atoms with van der Waals surface area (Å²) in [4.78, 5) is 13.7. The van der Waals surface area contributed by atoms with E-state index in [1.165, 1.54) is 0 Å². The molecule has 5 aromatic rings. The Morgan fingerprint density at radius 1 is 0.955 bits per heavy atom. The fraction of sp³-hybridized carbons (Fsp3) is 0.242. The van der Waals surface area contributed by atoms with Crippen molar-refractivity contribution in [2.24, 2.45) is 0 Å². The van der Waals surface area contributed by atoms with Gasteiger partial charge in [0.05, 0.1) is 29.3 Å². The second-order valence-electron chi connectivity index (χ2n) is 10.8. The first-order valence-electron chi connectivity index (χ1n) is 14.5. The van der Waals surface area contributed by atoms with Crippen molar-refractivity contribution in [3.63, 3.8) is 0 Å². The molecule has 1 atom stereocenters. The molecule has 0 radical (unpaired) electrons. The first-order chi connectivity index (χ1) is 21.4. The van der Waals surface area contributed by atoms with Crippen molar-refractivity contribution in [2.45, 2.75) is 38.2 Å². The van der Waals surface area contributed by atoms with Crippen molar-refractivity contribution >= 4 is 32.4 Å². The van der Waals surface area contributed by atoms with Gasteiger partial charge in [-0.3, -0.25) is 4.72 Å². The number of sulfonamides is 1. The number of aryl methyl sites for hydroxylation is 1. The quantitative estimate of drug-likeness (QED) is 0.164. The summed E-state index contributed by atoms with van der Waals surface area (Å²) < 4.78 is 35.7. The lowest BCUT2D eigenvalue weighted by Gasteiger charge is -2.23. The van der Waals surface area contributed by atoms with Crippen molar-refractivity contribution in [3.8, 4) is 22.9 Å². The zero-order valence-corrected chi connectivity index (χ0v) is 25.1. The molecule has 0 spiro atoms. The second kappa shape index (κ2) is 13.0. The van der Waals surface area contributed by atoms with Gasteiger partial charge in [0.25, 0.3) is 0 Å². The Hall–Kier alpha value is -4.58. The van der Waals surface area contributed by atoms with Gasteiger partial charge in [-0.05, 0) is 67.3 Å². The van der Waals surface area contributed by atoms with Crippen molar-refractivity contribution < 1.29 is 18.3 Å². The van der Waals surface area contributed by atoms with Gasteiger partial charge in [-0.2, -0.15) is 0 Å². The van der Waals surface area contributed by atoms with Crippen LogP contribution in [-0.2, 0) is 22.4 Å². The maximum Gasteiger partial charge on any atom is 0.236 e. The number of aliphatic hydroxyl groups is 1. The zero-order chi connectivity index (χ0) is 30.5. The standard InChI is InChI=1S/C33H34N6O4S/c1-22-13-14-26-27(10-4-12-30(26)39-44(41,42)21-24-8-3-2-7-23(24)20-40)31(22)43-32-28(11-6-17-35-32)29-15-18-36-33(38-29)37-25-9-5-16-34-19-25/h2-4,6-8,10-15,17-18,25,34,39-40H,5,9,16,19-21H2,1H3,(H,36,37,38). The Morgan fingerprint density at radius 2 is 1.82 bits per heavy atom. The average Bonchev–Trinajstić information content (AvgIpc) is 3.03. The first-order valence-corrected chi connectivity index (χ1v) is 16.2. The van der Waals surface area contributed by atoms with Gasteiger partial charge in [-0.1, -0.05) is 48.5 Å². The summed E-state index contributed by atoms with van der Waals surface area (Å²) in [6.07, 6.45) is 5.54. The molecule has 0 bridgehead atoms. The van der Waals surface area contributed by atoms with Crippen LogP contribution in [-0.4, -0.2) is 47.6 Å². The number of aliphatic hydroxyl groups excluding tert-OH is 1. The highest BCUT2D eigenvalue weighted by molar-refractivity contribution is 7.91. The Labute approximate surface area is 256 Å². The third-order valence-corrected chi connectivity index (χ3v) is 8.86. The molecule has 1 aliphatic rings. The van der Waals surface area contributed by atoms with E-state index < -0.39 is 10.0 Å². The number of nitrogens with one attached hydrogen (secondary N) is 3. The molecule has 226 valence electrons. The molecule has 1 unspecified atom stereocenters. The van der Waals surface area contributed by atoms with E-state index in [0.717, 1.165) is 36.9 Å². The molecule has 0 amide bonds. The molecule has 2 aromatic heterocycles. The van der Waals surface area contributed by atoms with Crippen LogP contribution in [0.4, 0.5) is 11.6 Å². The lowest BCUT2D eigenvalue weighted by atomic mass is 10.0. The largest absolute Gasteiger partial charge is 0.437 e. The summed E-state index contributed by atoms with van der Waals surface area (Å²) in [6, 6.07) is 21.9. The van der Waals surface area contributed by atoms with Gasteiger partial charge in [0.2, 0.25) is 21.9 Å². The monoisotopic (exact) mass is 610 g/mol. The minimum atomic E-state index is -3.79. The Bertz CT molecular complexity index is 1890. The minimum absolute atomic E-state index is 0.236. The summed E-state index contributed by atoms with van der Waals surface area (Å²) in [7, 11) is -3.79. The van der Waals surface area contributed by atoms with E-state index in [1.54, 1.807) is 48.8 Å². The number of ether oxygens (including phenoxy) is 1. The number of anilines is 2. The first kappa shape index (κ1) is 29.5. The van der Waals surface area contributed by atoms with Crippen LogP contribution in [0.25, 0.3) is 22.0 Å². The van der Waals surface area contributed by atoms with Gasteiger partial charge in [0, 0.05) is 35.8 Å². The van der Waals surface area contributed by atoms with Crippen molar-refractivity contribution in [3.05, 3.63) is 102 Å². The van der Waals surface area contributed by atoms with E-state index >= 15 is 0 Å². The van der Waals surface area contributed by atoms with Gasteiger partial charge in [0.15, 0.2) is 0 Å². The Balaban J connectivity index is 1.30. The summed E-state index contributed by atoms with van der Waals surface area (Å²) in [5, 5.41) is 17.9. The number of rotatable bonds is 10. The van der Waals surface area contributed by atoms with E-state index in [1.807, 2.05) is 43.3 Å². The summed E-state index contributed by atoms with van der Waals surface area (Å²) in [5.74, 6) is 1.22. The molecule has 10 nitrogen and oxygen atoms in total. The van der Waals surface area contributed by atoms with Crippen LogP contribution in [0, 0.1) is 6.92 Å². The van der Waals surface area contributed by atoms with E-state index in [0.29, 0.717) is 51.0 Å². The maximum atomic E-state index is 13.2. The van der Waals surface area contributed by atoms with Crippen LogP contribution in [0.3, 0.4) is 0 Å². The zero-order valence-electron chi connectivity index (χ0n) is 24.3. The highest BCUT2D eigenvalue weighted by Crippen LogP contribution is 2.39. The fourth-order valence-corrected chi connectivity index (χ4v) is 6.70. The van der Waals surface area contributed by atoms with Gasteiger partial charge in [-0.25, -0.2) is 23.4 Å². The average molecular weight is 611 g/mol. The number of benzene rings is 3. The molecule has 1 fully saturated rings. The molecule has 44 heavy (non-hydrogen) atoms. The van der Waals surface area contributed by atoms with Gasteiger partial charge in [0.1, 0.15) is 5.75 Å². The molecule has 6 rings (SSSR count). The fourth-order valence-electron chi connectivity index (χ4n) is 5.42. The van der Waals surface area contributed by atoms with Crippen LogP contribution < -0.4 is 20.1 Å². The van der Waals surface area contributed by atoms with Crippen LogP contribution in [0.2, 0.25) is 0 Å². The third kappa shape index (κ3) is 6.65. The Kier molecular flexibility index (Phi) is 8.69. The third-order valence-electron chi connectivity index (χ3n) is 7.64. The predicted octanol–water partition coefficient (Wildman–Crippen LogP) is 5.39. The number of hydrogen-bond acceptors (Lipinski definition) is 9. The van der Waals surface area contributed by atoms with E-state index in [9.17, 15) is 13.5 Å². The van der Waals surface area contributed by atoms with E-state index in [4.69, 9.17) is 9.72 Å². The lowest BCUT2D eigenvalue weighted by molar-refractivity contribution is 0.281. The molecular weight excluding hydrogens is 576 g/mol. The van der Waals surface area contributed by atoms with Gasteiger partial charge in [-0.15, -0.1) is 0 Å². The topological polar surface area (TPSA) is 138 Å². The van der Waals surface area contributed by atoms with Crippen molar-refractivity contribution in [1.82, 2.24) is 20.3 Å². The summed E-state index contributed by atoms with van der Waals surface area (Å²) >= 11 is 0. The molecule has 4 N–H and O–H groups in total. The maximum absolute atomic E-state index is 13.2. The number of hydrogen-bond donors (Lipinski definition) is 4. The molecule has 1 aliphatic heterocycles. The Morgan fingerprint density at radius 3 is 2.64 bits per heavy atom. The highest BCUT2D eigenvalue weighted by atomic mass is 32.2. The van der Waals surface area contributed by atoms with Crippen LogP contribution in [0.15, 0.2) is 85.2 Å². The van der Waals surface area contributed by atoms with Gasteiger partial charge >= 0.3 is 0 Å². The number of pyridine rings is 1. The number of fused-ring (bicyclic) bond motifs is 1. The number of nitrogens with zero attached hydrogens (tertiary/aromatic N) is 3. The highest BCUT2D eigenvalue weighted by Gasteiger charge is 2.19. The van der Waals surface area contributed by atoms with Crippen molar-refractivity contribution in [1.29, 1.82) is 0 Å². The molecular formula is C33H34N6O4S. The molecule has 11 heteroatoms. The van der Waals surface area contributed by atoms with Crippen LogP contribution >= 0.6 is 0 Å². The predicted molar refractivity (Wildman–Crippen MR) is 172 cm³/mol. The normalized spacial score (nSPS) is 15.2. The summed E-state index contributed by atoms with van der Waals surface area (Å²) in [5.41, 5.74) is 3.79. The smallest absolute Gasteiger partial charge is 0.236 e. The summed E-state index contributed by atoms with van der Waals surface area (Å²) in [6.45, 7) is 3.59.